The van der Waals surface area contributed by atoms with E-state index in [1.165, 1.54) is 0 Å². The van der Waals surface area contributed by atoms with Crippen LogP contribution in [0.3, 0.4) is 0 Å². The van der Waals surface area contributed by atoms with Gasteiger partial charge in [-0.25, -0.2) is 4.79 Å². The number of hydrogen-bond donors (Lipinski definition) is 1. The van der Waals surface area contributed by atoms with E-state index in [-0.39, 0.29) is 6.61 Å². The molecular formula is C28H47NO11. The molecule has 0 amide bonds. The zero-order valence-corrected chi connectivity index (χ0v) is 23.8. The lowest BCUT2D eigenvalue weighted by atomic mass is 10.3. The molecule has 12 heteroatoms. The van der Waals surface area contributed by atoms with Gasteiger partial charge in [0.25, 0.3) is 0 Å². The topological polar surface area (TPSA) is 135 Å². The van der Waals surface area contributed by atoms with Crippen LogP contribution < -0.4 is 10.5 Å². The van der Waals surface area contributed by atoms with Crippen molar-refractivity contribution in [3.8, 4) is 5.75 Å². The standard InChI is InChI=1S/C28H47NO11/c1-25(2)28(30)40-24-22-38-20-18-36-16-14-34-12-10-32-8-7-31-9-11-33-13-15-35-17-19-37-21-23-39-27-6-4-3-5-26(27)29/h3-6H,1,7-24,29H2,2H3. The zero-order chi connectivity index (χ0) is 28.9. The highest BCUT2D eigenvalue weighted by atomic mass is 16.6. The van der Waals surface area contributed by atoms with Crippen LogP contribution in [-0.4, -0.2) is 125 Å². The first-order valence-corrected chi connectivity index (χ1v) is 13.5. The van der Waals surface area contributed by atoms with Gasteiger partial charge >= 0.3 is 5.97 Å². The maximum absolute atomic E-state index is 11.2. The molecule has 12 nitrogen and oxygen atoms in total. The molecular weight excluding hydrogens is 526 g/mol. The third-order valence-corrected chi connectivity index (χ3v) is 4.82. The first-order chi connectivity index (χ1) is 19.6. The highest BCUT2D eigenvalue weighted by molar-refractivity contribution is 5.86. The summed E-state index contributed by atoms with van der Waals surface area (Å²) in [4.78, 5) is 11.2. The highest BCUT2D eigenvalue weighted by Gasteiger charge is 2.02. The SMILES string of the molecule is C=C(C)C(=O)OCCOCCOCCOCCOCCOCCOCCOCCOCCOc1ccccc1N. The molecule has 0 fully saturated rings. The summed E-state index contributed by atoms with van der Waals surface area (Å²) in [6.07, 6.45) is 0. The van der Waals surface area contributed by atoms with E-state index < -0.39 is 5.97 Å². The van der Waals surface area contributed by atoms with Gasteiger partial charge in [-0.15, -0.1) is 0 Å². The Morgan fingerprint density at radius 2 is 0.900 bits per heavy atom. The van der Waals surface area contributed by atoms with E-state index in [1.54, 1.807) is 13.0 Å². The average Bonchev–Trinajstić information content (AvgIpc) is 2.95. The average molecular weight is 574 g/mol. The van der Waals surface area contributed by atoms with Gasteiger partial charge in [0, 0.05) is 5.57 Å². The number of ether oxygens (including phenoxy) is 10. The fourth-order valence-electron chi connectivity index (χ4n) is 2.78. The Morgan fingerprint density at radius 1 is 0.575 bits per heavy atom. The van der Waals surface area contributed by atoms with Crippen LogP contribution in [0.1, 0.15) is 6.92 Å². The molecule has 230 valence electrons. The number of carbonyl (C=O) groups excluding carboxylic acids is 1. The van der Waals surface area contributed by atoms with Gasteiger partial charge in [-0.1, -0.05) is 18.7 Å². The molecule has 0 aromatic heterocycles. The minimum atomic E-state index is -0.413. The Bertz CT molecular complexity index is 751. The maximum Gasteiger partial charge on any atom is 0.333 e. The molecule has 0 heterocycles. The number of para-hydroxylation sites is 2. The van der Waals surface area contributed by atoms with Crippen LogP contribution in [0.5, 0.6) is 5.75 Å². The summed E-state index contributed by atoms with van der Waals surface area (Å²) in [6, 6.07) is 7.36. The van der Waals surface area contributed by atoms with Crippen molar-refractivity contribution in [2.75, 3.05) is 125 Å². The summed E-state index contributed by atoms with van der Waals surface area (Å²) in [7, 11) is 0. The smallest absolute Gasteiger partial charge is 0.333 e. The number of hydrogen-bond acceptors (Lipinski definition) is 12. The van der Waals surface area contributed by atoms with Gasteiger partial charge in [-0.05, 0) is 19.1 Å². The molecule has 1 aromatic rings. The minimum absolute atomic E-state index is 0.200. The molecule has 0 aliphatic heterocycles. The molecule has 1 rings (SSSR count). The molecule has 1 aromatic carbocycles. The Balaban J connectivity index is 1.66. The van der Waals surface area contributed by atoms with Crippen LogP contribution in [0, 0.1) is 0 Å². The molecule has 0 aliphatic carbocycles. The molecule has 40 heavy (non-hydrogen) atoms. The van der Waals surface area contributed by atoms with Crippen molar-refractivity contribution in [3.63, 3.8) is 0 Å². The van der Waals surface area contributed by atoms with Crippen molar-refractivity contribution in [2.24, 2.45) is 0 Å². The van der Waals surface area contributed by atoms with Crippen LogP contribution >= 0.6 is 0 Å². The summed E-state index contributed by atoms with van der Waals surface area (Å²) < 4.78 is 53.8. The zero-order valence-electron chi connectivity index (χ0n) is 23.8. The molecule has 0 bridgehead atoms. The minimum Gasteiger partial charge on any atom is -0.489 e. The van der Waals surface area contributed by atoms with Crippen molar-refractivity contribution in [1.29, 1.82) is 0 Å². The Hall–Kier alpha value is -2.29. The summed E-state index contributed by atoms with van der Waals surface area (Å²) in [5.74, 6) is 0.252. The summed E-state index contributed by atoms with van der Waals surface area (Å²) in [6.45, 7) is 13.3. The fraction of sp³-hybridized carbons (Fsp3) is 0.679. The number of rotatable bonds is 29. The van der Waals surface area contributed by atoms with E-state index in [0.717, 1.165) is 0 Å². The van der Waals surface area contributed by atoms with Crippen molar-refractivity contribution in [2.45, 2.75) is 6.92 Å². The lowest BCUT2D eigenvalue weighted by Crippen LogP contribution is -2.15. The van der Waals surface area contributed by atoms with Gasteiger partial charge < -0.3 is 53.1 Å². The van der Waals surface area contributed by atoms with E-state index >= 15 is 0 Å². The molecule has 0 aliphatic rings. The number of nitrogen functional groups attached to an aromatic ring is 1. The van der Waals surface area contributed by atoms with Gasteiger partial charge in [0.15, 0.2) is 0 Å². The van der Waals surface area contributed by atoms with Crippen LogP contribution in [0.25, 0.3) is 0 Å². The second kappa shape index (κ2) is 26.9. The number of benzene rings is 1. The van der Waals surface area contributed by atoms with E-state index in [4.69, 9.17) is 53.1 Å². The molecule has 0 spiro atoms. The monoisotopic (exact) mass is 573 g/mol. The number of nitrogens with two attached hydrogens (primary N) is 1. The van der Waals surface area contributed by atoms with Gasteiger partial charge in [-0.3, -0.25) is 0 Å². The van der Waals surface area contributed by atoms with Gasteiger partial charge in [0.1, 0.15) is 19.0 Å². The Kier molecular flexibility index (Phi) is 24.0. The van der Waals surface area contributed by atoms with Crippen molar-refractivity contribution in [3.05, 3.63) is 36.4 Å². The van der Waals surface area contributed by atoms with E-state index in [1.807, 2.05) is 18.2 Å². The molecule has 0 saturated heterocycles. The first-order valence-electron chi connectivity index (χ1n) is 13.5. The van der Waals surface area contributed by atoms with Gasteiger partial charge in [0.05, 0.1) is 111 Å². The van der Waals surface area contributed by atoms with E-state index in [0.29, 0.717) is 129 Å². The van der Waals surface area contributed by atoms with E-state index in [9.17, 15) is 4.79 Å². The Labute approximate surface area is 237 Å². The molecule has 2 N–H and O–H groups in total. The van der Waals surface area contributed by atoms with E-state index in [2.05, 4.69) is 6.58 Å². The lowest BCUT2D eigenvalue weighted by Gasteiger charge is -2.09. The quantitative estimate of drug-likeness (QED) is 0.0649. The second-order valence-electron chi connectivity index (χ2n) is 8.20. The predicted octanol–water partition coefficient (Wildman–Crippen LogP) is 1.90. The first kappa shape index (κ1) is 35.7. The summed E-state index contributed by atoms with van der Waals surface area (Å²) in [5, 5.41) is 0. The van der Waals surface area contributed by atoms with Crippen LogP contribution in [0.4, 0.5) is 5.69 Å². The van der Waals surface area contributed by atoms with Crippen LogP contribution in [-0.2, 0) is 47.4 Å². The molecule has 0 radical (unpaired) electrons. The maximum atomic E-state index is 11.2. The molecule has 0 atom stereocenters. The largest absolute Gasteiger partial charge is 0.489 e. The fourth-order valence-corrected chi connectivity index (χ4v) is 2.78. The third kappa shape index (κ3) is 22.5. The molecule has 0 unspecified atom stereocenters. The Morgan fingerprint density at radius 3 is 1.25 bits per heavy atom. The van der Waals surface area contributed by atoms with Gasteiger partial charge in [-0.2, -0.15) is 0 Å². The van der Waals surface area contributed by atoms with Crippen molar-refractivity contribution in [1.82, 2.24) is 0 Å². The lowest BCUT2D eigenvalue weighted by molar-refractivity contribution is -0.140. The summed E-state index contributed by atoms with van der Waals surface area (Å²) >= 11 is 0. The van der Waals surface area contributed by atoms with Gasteiger partial charge in [0.2, 0.25) is 0 Å². The number of anilines is 1. The van der Waals surface area contributed by atoms with Crippen molar-refractivity contribution < 1.29 is 52.2 Å². The van der Waals surface area contributed by atoms with Crippen molar-refractivity contribution >= 4 is 11.7 Å². The van der Waals surface area contributed by atoms with Crippen LogP contribution in [0.15, 0.2) is 36.4 Å². The van der Waals surface area contributed by atoms with Crippen LogP contribution in [0.2, 0.25) is 0 Å². The number of carbonyl (C=O) groups is 1. The highest BCUT2D eigenvalue weighted by Crippen LogP contribution is 2.19. The number of esters is 1. The normalized spacial score (nSPS) is 11.0. The second-order valence-corrected chi connectivity index (χ2v) is 8.20. The molecule has 0 saturated carbocycles. The third-order valence-electron chi connectivity index (χ3n) is 4.82. The summed E-state index contributed by atoms with van der Waals surface area (Å²) in [5.41, 5.74) is 6.79. The predicted molar refractivity (Wildman–Crippen MR) is 149 cm³/mol.